The molecule has 17 heavy (non-hydrogen) atoms. The highest BCUT2D eigenvalue weighted by Crippen LogP contribution is 1.94. The van der Waals surface area contributed by atoms with Crippen molar-refractivity contribution in [1.82, 2.24) is 10.2 Å². The van der Waals surface area contributed by atoms with Crippen LogP contribution in [0.25, 0.3) is 0 Å². The molecule has 0 aromatic rings. The summed E-state index contributed by atoms with van der Waals surface area (Å²) < 4.78 is 5.28. The second-order valence-corrected chi connectivity index (χ2v) is 4.80. The fourth-order valence-corrected chi connectivity index (χ4v) is 1.39. The Hall–Kier alpha value is -0.610. The molecule has 102 valence electrons. The van der Waals surface area contributed by atoms with Crippen LogP contribution in [0.1, 0.15) is 33.6 Å². The quantitative estimate of drug-likeness (QED) is 0.592. The van der Waals surface area contributed by atoms with Crippen molar-refractivity contribution in [2.24, 2.45) is 5.92 Å². The summed E-state index contributed by atoms with van der Waals surface area (Å²) in [4.78, 5) is 13.6. The van der Waals surface area contributed by atoms with E-state index in [1.807, 2.05) is 6.92 Å². The second kappa shape index (κ2) is 10.5. The summed E-state index contributed by atoms with van der Waals surface area (Å²) in [7, 11) is 2.06. The monoisotopic (exact) mass is 244 g/mol. The van der Waals surface area contributed by atoms with Gasteiger partial charge < -0.3 is 15.0 Å². The molecule has 0 radical (unpaired) electrons. The Kier molecular flexibility index (Phi) is 10.2. The molecule has 0 bridgehead atoms. The van der Waals surface area contributed by atoms with Crippen molar-refractivity contribution in [2.75, 3.05) is 39.9 Å². The van der Waals surface area contributed by atoms with Crippen LogP contribution >= 0.6 is 0 Å². The number of ether oxygens (including phenoxy) is 1. The summed E-state index contributed by atoms with van der Waals surface area (Å²) in [6.45, 7) is 10.4. The molecule has 4 heteroatoms. The molecule has 0 aliphatic heterocycles. The van der Waals surface area contributed by atoms with Crippen molar-refractivity contribution in [1.29, 1.82) is 0 Å². The third kappa shape index (κ3) is 11.6. The molecular weight excluding hydrogens is 216 g/mol. The van der Waals surface area contributed by atoms with Gasteiger partial charge in [0.05, 0.1) is 6.61 Å². The smallest absolute Gasteiger partial charge is 0.220 e. The lowest BCUT2D eigenvalue weighted by Gasteiger charge is -2.16. The van der Waals surface area contributed by atoms with E-state index in [1.54, 1.807) is 0 Å². The maximum Gasteiger partial charge on any atom is 0.220 e. The Balaban J connectivity index is 3.39. The first-order chi connectivity index (χ1) is 8.06. The number of nitrogens with one attached hydrogen (secondary N) is 1. The van der Waals surface area contributed by atoms with E-state index in [9.17, 15) is 4.79 Å². The zero-order valence-corrected chi connectivity index (χ0v) is 11.8. The minimum atomic E-state index is 0.164. The van der Waals surface area contributed by atoms with Crippen LogP contribution in [0.5, 0.6) is 0 Å². The molecule has 0 saturated carbocycles. The Morgan fingerprint density at radius 1 is 1.35 bits per heavy atom. The molecule has 0 heterocycles. The van der Waals surface area contributed by atoms with E-state index in [4.69, 9.17) is 4.74 Å². The first-order valence-electron chi connectivity index (χ1n) is 6.59. The van der Waals surface area contributed by atoms with Crippen LogP contribution in [0.2, 0.25) is 0 Å². The molecule has 0 aromatic carbocycles. The van der Waals surface area contributed by atoms with Crippen LogP contribution in [0, 0.1) is 5.92 Å². The lowest BCUT2D eigenvalue weighted by atomic mass is 10.2. The summed E-state index contributed by atoms with van der Waals surface area (Å²) >= 11 is 0. The van der Waals surface area contributed by atoms with Gasteiger partial charge in [-0.3, -0.25) is 4.79 Å². The number of carbonyl (C=O) groups excluding carboxylic acids is 1. The zero-order chi connectivity index (χ0) is 13.1. The third-order valence-electron chi connectivity index (χ3n) is 2.47. The normalized spacial score (nSPS) is 11.2. The van der Waals surface area contributed by atoms with Gasteiger partial charge in [0.25, 0.3) is 0 Å². The number of likely N-dealkylation sites (N-methyl/N-ethyl adjacent to an activating group) is 1. The van der Waals surface area contributed by atoms with E-state index in [2.05, 4.69) is 31.1 Å². The van der Waals surface area contributed by atoms with Gasteiger partial charge in [-0.05, 0) is 32.9 Å². The molecule has 0 aliphatic carbocycles. The van der Waals surface area contributed by atoms with Gasteiger partial charge in [-0.25, -0.2) is 0 Å². The van der Waals surface area contributed by atoms with Crippen LogP contribution in [0.15, 0.2) is 0 Å². The second-order valence-electron chi connectivity index (χ2n) is 4.80. The van der Waals surface area contributed by atoms with Gasteiger partial charge in [-0.2, -0.15) is 0 Å². The molecule has 0 atom stereocenters. The topological polar surface area (TPSA) is 41.6 Å². The van der Waals surface area contributed by atoms with E-state index in [1.165, 1.54) is 0 Å². The maximum absolute atomic E-state index is 11.4. The number of hydrogen-bond acceptors (Lipinski definition) is 3. The third-order valence-corrected chi connectivity index (χ3v) is 2.47. The summed E-state index contributed by atoms with van der Waals surface area (Å²) in [5.41, 5.74) is 0. The average Bonchev–Trinajstić information content (AvgIpc) is 2.27. The summed E-state index contributed by atoms with van der Waals surface area (Å²) in [5.74, 6) is 0.685. The molecule has 0 aromatic heterocycles. The SMILES string of the molecule is CCOCCN(C)CCCC(=O)NCC(C)C. The van der Waals surface area contributed by atoms with Crippen LogP contribution in [0.3, 0.4) is 0 Å². The molecular formula is C13H28N2O2. The molecule has 1 amide bonds. The first kappa shape index (κ1) is 16.4. The van der Waals surface area contributed by atoms with Crippen LogP contribution in [-0.2, 0) is 9.53 Å². The van der Waals surface area contributed by atoms with E-state index < -0.39 is 0 Å². The number of carbonyl (C=O) groups is 1. The van der Waals surface area contributed by atoms with Gasteiger partial charge in [0, 0.05) is 26.1 Å². The van der Waals surface area contributed by atoms with Gasteiger partial charge in [0.1, 0.15) is 0 Å². The molecule has 4 nitrogen and oxygen atoms in total. The van der Waals surface area contributed by atoms with E-state index in [-0.39, 0.29) is 5.91 Å². The van der Waals surface area contributed by atoms with Crippen molar-refractivity contribution < 1.29 is 9.53 Å². The van der Waals surface area contributed by atoms with Gasteiger partial charge in [-0.1, -0.05) is 13.8 Å². The summed E-state index contributed by atoms with van der Waals surface area (Å²) in [6, 6.07) is 0. The Morgan fingerprint density at radius 3 is 2.65 bits per heavy atom. The summed E-state index contributed by atoms with van der Waals surface area (Å²) in [5, 5.41) is 2.93. The first-order valence-corrected chi connectivity index (χ1v) is 6.59. The highest BCUT2D eigenvalue weighted by atomic mass is 16.5. The predicted octanol–water partition coefficient (Wildman–Crippen LogP) is 1.51. The largest absolute Gasteiger partial charge is 0.380 e. The zero-order valence-electron chi connectivity index (χ0n) is 11.8. The van der Waals surface area contributed by atoms with Crippen molar-refractivity contribution >= 4 is 5.91 Å². The van der Waals surface area contributed by atoms with E-state index in [0.29, 0.717) is 12.3 Å². The van der Waals surface area contributed by atoms with E-state index in [0.717, 1.165) is 39.3 Å². The predicted molar refractivity (Wildman–Crippen MR) is 71.1 cm³/mol. The van der Waals surface area contributed by atoms with Gasteiger partial charge in [-0.15, -0.1) is 0 Å². The highest BCUT2D eigenvalue weighted by Gasteiger charge is 2.03. The van der Waals surface area contributed by atoms with Crippen molar-refractivity contribution in [3.05, 3.63) is 0 Å². The molecule has 0 aliphatic rings. The van der Waals surface area contributed by atoms with Crippen molar-refractivity contribution in [3.63, 3.8) is 0 Å². The van der Waals surface area contributed by atoms with Gasteiger partial charge in [0.2, 0.25) is 5.91 Å². The maximum atomic E-state index is 11.4. The molecule has 0 fully saturated rings. The van der Waals surface area contributed by atoms with Crippen molar-refractivity contribution in [2.45, 2.75) is 33.6 Å². The minimum absolute atomic E-state index is 0.164. The van der Waals surface area contributed by atoms with Gasteiger partial charge in [0.15, 0.2) is 0 Å². The minimum Gasteiger partial charge on any atom is -0.380 e. The number of nitrogens with zero attached hydrogens (tertiary/aromatic N) is 1. The number of amides is 1. The molecule has 0 unspecified atom stereocenters. The Labute approximate surface area is 106 Å². The van der Waals surface area contributed by atoms with E-state index >= 15 is 0 Å². The lowest BCUT2D eigenvalue weighted by molar-refractivity contribution is -0.121. The lowest BCUT2D eigenvalue weighted by Crippen LogP contribution is -2.29. The molecule has 0 spiro atoms. The Morgan fingerprint density at radius 2 is 2.06 bits per heavy atom. The van der Waals surface area contributed by atoms with Crippen LogP contribution in [-0.4, -0.2) is 50.7 Å². The fourth-order valence-electron chi connectivity index (χ4n) is 1.39. The Bertz CT molecular complexity index is 196. The summed E-state index contributed by atoms with van der Waals surface area (Å²) in [6.07, 6.45) is 1.53. The van der Waals surface area contributed by atoms with Crippen LogP contribution < -0.4 is 5.32 Å². The molecule has 0 rings (SSSR count). The van der Waals surface area contributed by atoms with Gasteiger partial charge >= 0.3 is 0 Å². The number of hydrogen-bond donors (Lipinski definition) is 1. The number of rotatable bonds is 10. The van der Waals surface area contributed by atoms with Crippen molar-refractivity contribution in [3.8, 4) is 0 Å². The average molecular weight is 244 g/mol. The standard InChI is InChI=1S/C13H28N2O2/c1-5-17-10-9-15(4)8-6-7-13(16)14-11-12(2)3/h12H,5-11H2,1-4H3,(H,14,16). The molecule has 0 saturated heterocycles. The van der Waals surface area contributed by atoms with Crippen LogP contribution in [0.4, 0.5) is 0 Å². The fraction of sp³-hybridized carbons (Fsp3) is 0.923. The molecule has 1 N–H and O–H groups in total. The highest BCUT2D eigenvalue weighted by molar-refractivity contribution is 5.75.